The number of anilines is 5. The zero-order valence-electron chi connectivity index (χ0n) is 14.5. The Morgan fingerprint density at radius 1 is 1.30 bits per heavy atom. The molecule has 0 bridgehead atoms. The van der Waals surface area contributed by atoms with Gasteiger partial charge in [0.1, 0.15) is 5.82 Å². The van der Waals surface area contributed by atoms with E-state index in [1.807, 2.05) is 6.07 Å². The average molecular weight is 388 g/mol. The van der Waals surface area contributed by atoms with Gasteiger partial charge in [-0.05, 0) is 31.0 Å². The number of amides is 1. The van der Waals surface area contributed by atoms with Crippen LogP contribution < -0.4 is 21.7 Å². The molecule has 1 aromatic carbocycles. The Labute approximate surface area is 159 Å². The number of halogens is 1. The van der Waals surface area contributed by atoms with E-state index in [1.54, 1.807) is 28.9 Å². The van der Waals surface area contributed by atoms with E-state index in [1.165, 1.54) is 7.11 Å². The highest BCUT2D eigenvalue weighted by molar-refractivity contribution is 6.31. The van der Waals surface area contributed by atoms with E-state index in [9.17, 15) is 4.79 Å². The van der Waals surface area contributed by atoms with Crippen LogP contribution in [0.5, 0.6) is 0 Å². The molecular weight excluding hydrogens is 370 g/mol. The first-order chi connectivity index (χ1) is 13.0. The summed E-state index contributed by atoms with van der Waals surface area (Å²) in [7, 11) is 1.29. The molecule has 1 amide bonds. The zero-order chi connectivity index (χ0) is 19.0. The van der Waals surface area contributed by atoms with Gasteiger partial charge in [-0.1, -0.05) is 11.6 Å². The van der Waals surface area contributed by atoms with Crippen LogP contribution in [0.1, 0.15) is 12.8 Å². The van der Waals surface area contributed by atoms with Crippen molar-refractivity contribution < 1.29 is 9.53 Å². The molecule has 0 atom stereocenters. The highest BCUT2D eigenvalue weighted by Gasteiger charge is 2.23. The van der Waals surface area contributed by atoms with E-state index < -0.39 is 6.09 Å². The number of carbonyl (C=O) groups is 1. The lowest BCUT2D eigenvalue weighted by atomic mass is 10.2. The van der Waals surface area contributed by atoms with Gasteiger partial charge in [-0.3, -0.25) is 5.32 Å². The number of nitrogens with zero attached hydrogens (tertiary/aromatic N) is 3. The van der Waals surface area contributed by atoms with E-state index in [0.29, 0.717) is 39.7 Å². The lowest BCUT2D eigenvalue weighted by Gasteiger charge is -2.12. The summed E-state index contributed by atoms with van der Waals surface area (Å²) in [5, 5.41) is 14.1. The van der Waals surface area contributed by atoms with Gasteiger partial charge in [0.25, 0.3) is 0 Å². The number of methoxy groups -OCH3 is 1. The van der Waals surface area contributed by atoms with Crippen molar-refractivity contribution in [2.75, 3.05) is 28.8 Å². The Bertz CT molecular complexity index is 1020. The number of aromatic nitrogens is 3. The molecule has 1 aliphatic carbocycles. The van der Waals surface area contributed by atoms with Crippen LogP contribution in [0.4, 0.5) is 33.5 Å². The topological polar surface area (TPSA) is 119 Å². The Kier molecular flexibility index (Phi) is 4.36. The summed E-state index contributed by atoms with van der Waals surface area (Å²) < 4.78 is 6.18. The van der Waals surface area contributed by atoms with Gasteiger partial charge in [-0.15, -0.1) is 5.10 Å². The summed E-state index contributed by atoms with van der Waals surface area (Å²) in [6, 6.07) is 7.38. The third-order valence-corrected chi connectivity index (χ3v) is 4.25. The monoisotopic (exact) mass is 387 g/mol. The molecule has 1 aliphatic rings. The fraction of sp³-hybridized carbons (Fsp3) is 0.235. The molecule has 0 aliphatic heterocycles. The van der Waals surface area contributed by atoms with Crippen LogP contribution in [0, 0.1) is 0 Å². The maximum atomic E-state index is 11.4. The van der Waals surface area contributed by atoms with Gasteiger partial charge in [0.2, 0.25) is 0 Å². The number of hydrogen-bond acceptors (Lipinski definition) is 7. The number of rotatable bonds is 5. The molecule has 1 saturated carbocycles. The normalized spacial score (nSPS) is 13.4. The first-order valence-electron chi connectivity index (χ1n) is 8.35. The average Bonchev–Trinajstić information content (AvgIpc) is 3.36. The molecular formula is C17H18ClN7O2. The third-order valence-electron chi connectivity index (χ3n) is 4.03. The highest BCUT2D eigenvalue weighted by Crippen LogP contribution is 2.30. The fourth-order valence-corrected chi connectivity index (χ4v) is 2.89. The van der Waals surface area contributed by atoms with Gasteiger partial charge in [-0.2, -0.15) is 4.52 Å². The molecule has 2 aromatic heterocycles. The third kappa shape index (κ3) is 3.82. The summed E-state index contributed by atoms with van der Waals surface area (Å²) in [5.41, 5.74) is 8.64. The van der Waals surface area contributed by atoms with Gasteiger partial charge in [0, 0.05) is 28.5 Å². The van der Waals surface area contributed by atoms with E-state index in [4.69, 9.17) is 17.3 Å². The minimum absolute atomic E-state index is 0.437. The molecule has 9 nitrogen and oxygen atoms in total. The van der Waals surface area contributed by atoms with Crippen molar-refractivity contribution in [3.05, 3.63) is 35.5 Å². The molecule has 10 heteroatoms. The number of fused-ring (bicyclic) bond motifs is 1. The Balaban J connectivity index is 1.66. The van der Waals surface area contributed by atoms with E-state index in [2.05, 4.69) is 30.8 Å². The molecule has 27 heavy (non-hydrogen) atoms. The second kappa shape index (κ2) is 6.84. The maximum Gasteiger partial charge on any atom is 0.411 e. The summed E-state index contributed by atoms with van der Waals surface area (Å²) in [6.07, 6.45) is 3.25. The number of carbonyl (C=O) groups excluding carboxylic acids is 1. The van der Waals surface area contributed by atoms with Gasteiger partial charge >= 0.3 is 6.09 Å². The number of benzene rings is 1. The van der Waals surface area contributed by atoms with Gasteiger partial charge in [0.05, 0.1) is 19.0 Å². The van der Waals surface area contributed by atoms with Crippen molar-refractivity contribution >= 4 is 52.0 Å². The number of nitrogens with one attached hydrogen (secondary N) is 3. The Morgan fingerprint density at radius 2 is 2.07 bits per heavy atom. The smallest absolute Gasteiger partial charge is 0.411 e. The largest absolute Gasteiger partial charge is 0.453 e. The van der Waals surface area contributed by atoms with Crippen molar-refractivity contribution in [3.63, 3.8) is 0 Å². The fourth-order valence-electron chi connectivity index (χ4n) is 2.65. The first kappa shape index (κ1) is 17.2. The van der Waals surface area contributed by atoms with Crippen LogP contribution in [-0.2, 0) is 4.74 Å². The molecule has 140 valence electrons. The van der Waals surface area contributed by atoms with Crippen LogP contribution in [0.2, 0.25) is 5.02 Å². The number of ether oxygens (including phenoxy) is 1. The molecule has 0 radical (unpaired) electrons. The van der Waals surface area contributed by atoms with Crippen molar-refractivity contribution in [1.82, 2.24) is 14.6 Å². The van der Waals surface area contributed by atoms with Crippen molar-refractivity contribution in [1.29, 1.82) is 0 Å². The second-order valence-electron chi connectivity index (χ2n) is 6.25. The Morgan fingerprint density at radius 3 is 2.81 bits per heavy atom. The molecule has 2 heterocycles. The standard InChI is InChI=1S/C17H18ClN7O2/c1-27-17(26)23-12-5-9(18)4-11(6-12)22-15-7-13(21-10-2-3-10)16-20-8-14(19)25(16)24-15/h4-8,10,21H,2-3,19H2,1H3,(H,22,24)(H,23,26). The van der Waals surface area contributed by atoms with Crippen LogP contribution in [-0.4, -0.2) is 33.8 Å². The van der Waals surface area contributed by atoms with Crippen molar-refractivity contribution in [2.45, 2.75) is 18.9 Å². The molecule has 4 rings (SSSR count). The summed E-state index contributed by atoms with van der Waals surface area (Å²) >= 11 is 6.15. The predicted octanol–water partition coefficient (Wildman–Crippen LogP) is 3.46. The minimum atomic E-state index is -0.579. The van der Waals surface area contributed by atoms with Gasteiger partial charge in [0.15, 0.2) is 11.5 Å². The maximum absolute atomic E-state index is 11.4. The summed E-state index contributed by atoms with van der Waals surface area (Å²) in [6.45, 7) is 0. The number of imidazole rings is 1. The molecule has 0 saturated heterocycles. The SMILES string of the molecule is COC(=O)Nc1cc(Cl)cc(Nc2cc(NC3CC3)c3ncc(N)n3n2)c1. The van der Waals surface area contributed by atoms with Crippen molar-refractivity contribution in [3.8, 4) is 0 Å². The van der Waals surface area contributed by atoms with E-state index in [0.717, 1.165) is 18.5 Å². The quantitative estimate of drug-likeness (QED) is 0.529. The molecule has 3 aromatic rings. The second-order valence-corrected chi connectivity index (χ2v) is 6.69. The molecule has 0 unspecified atom stereocenters. The van der Waals surface area contributed by atoms with E-state index in [-0.39, 0.29) is 0 Å². The van der Waals surface area contributed by atoms with Crippen LogP contribution in [0.25, 0.3) is 5.65 Å². The molecule has 5 N–H and O–H groups in total. The Hall–Kier alpha value is -3.20. The molecule has 1 fully saturated rings. The van der Waals surface area contributed by atoms with Crippen LogP contribution in [0.3, 0.4) is 0 Å². The lowest BCUT2D eigenvalue weighted by molar-refractivity contribution is 0.187. The number of nitrogen functional groups attached to an aromatic ring is 1. The van der Waals surface area contributed by atoms with Gasteiger partial charge in [-0.25, -0.2) is 9.78 Å². The number of hydrogen-bond donors (Lipinski definition) is 4. The van der Waals surface area contributed by atoms with Crippen LogP contribution >= 0.6 is 11.6 Å². The lowest BCUT2D eigenvalue weighted by Crippen LogP contribution is -2.11. The van der Waals surface area contributed by atoms with Crippen molar-refractivity contribution in [2.24, 2.45) is 0 Å². The predicted molar refractivity (Wildman–Crippen MR) is 105 cm³/mol. The molecule has 0 spiro atoms. The van der Waals surface area contributed by atoms with Crippen LogP contribution in [0.15, 0.2) is 30.5 Å². The first-order valence-corrected chi connectivity index (χ1v) is 8.73. The van der Waals surface area contributed by atoms with E-state index >= 15 is 0 Å². The minimum Gasteiger partial charge on any atom is -0.453 e. The van der Waals surface area contributed by atoms with Gasteiger partial charge < -0.3 is 21.1 Å². The zero-order valence-corrected chi connectivity index (χ0v) is 15.2. The highest BCUT2D eigenvalue weighted by atomic mass is 35.5. The number of nitrogens with two attached hydrogens (primary N) is 1. The summed E-state index contributed by atoms with van der Waals surface area (Å²) in [4.78, 5) is 15.7. The summed E-state index contributed by atoms with van der Waals surface area (Å²) in [5.74, 6) is 0.994.